The molecule has 0 aliphatic heterocycles. The van der Waals surface area contributed by atoms with Gasteiger partial charge in [0.2, 0.25) is 6.41 Å². The molecule has 0 spiro atoms. The Balaban J connectivity index is 2.59. The van der Waals surface area contributed by atoms with Crippen molar-refractivity contribution in [3.05, 3.63) is 22.4 Å². The lowest BCUT2D eigenvalue weighted by Crippen LogP contribution is -2.17. The smallest absolute Gasteiger partial charge is 0.207 e. The van der Waals surface area contributed by atoms with Crippen LogP contribution in [0.3, 0.4) is 0 Å². The van der Waals surface area contributed by atoms with Gasteiger partial charge in [0.05, 0.1) is 6.04 Å². The Morgan fingerprint density at radius 2 is 2.58 bits per heavy atom. The number of carbonyl (C=O) groups is 1. The minimum absolute atomic E-state index is 0.215. The number of thiophene rings is 1. The fourth-order valence-corrected chi connectivity index (χ4v) is 1.99. The first-order valence-corrected chi connectivity index (χ1v) is 4.99. The minimum atomic E-state index is 0.215. The molecule has 3 heteroatoms. The first kappa shape index (κ1) is 9.26. The van der Waals surface area contributed by atoms with Gasteiger partial charge in [-0.3, -0.25) is 4.79 Å². The first-order chi connectivity index (χ1) is 5.88. The van der Waals surface area contributed by atoms with Crippen molar-refractivity contribution < 1.29 is 4.79 Å². The lowest BCUT2D eigenvalue weighted by atomic mass is 10.1. The second-order valence-electron chi connectivity index (χ2n) is 2.64. The molecule has 0 aromatic carbocycles. The molecule has 1 atom stereocenters. The van der Waals surface area contributed by atoms with Crippen molar-refractivity contribution in [1.82, 2.24) is 5.32 Å². The van der Waals surface area contributed by atoms with E-state index in [2.05, 4.69) is 18.3 Å². The van der Waals surface area contributed by atoms with Gasteiger partial charge in [0, 0.05) is 4.88 Å². The van der Waals surface area contributed by atoms with Crippen molar-refractivity contribution in [2.24, 2.45) is 0 Å². The third kappa shape index (κ3) is 2.34. The van der Waals surface area contributed by atoms with E-state index in [0.717, 1.165) is 19.3 Å². The average Bonchev–Trinajstić information content (AvgIpc) is 2.56. The molecule has 0 bridgehead atoms. The van der Waals surface area contributed by atoms with Gasteiger partial charge in [0.25, 0.3) is 0 Å². The summed E-state index contributed by atoms with van der Waals surface area (Å²) >= 11 is 1.69. The van der Waals surface area contributed by atoms with Gasteiger partial charge in [0.1, 0.15) is 0 Å². The summed E-state index contributed by atoms with van der Waals surface area (Å²) in [5.74, 6) is 0. The van der Waals surface area contributed by atoms with Gasteiger partial charge in [-0.15, -0.1) is 11.3 Å². The van der Waals surface area contributed by atoms with Crippen molar-refractivity contribution in [1.29, 1.82) is 0 Å². The molecule has 1 N–H and O–H groups in total. The fraction of sp³-hybridized carbons (Fsp3) is 0.444. The van der Waals surface area contributed by atoms with E-state index in [1.165, 1.54) is 4.88 Å². The number of nitrogens with one attached hydrogen (secondary N) is 1. The molecule has 1 aromatic heterocycles. The third-order valence-corrected chi connectivity index (χ3v) is 2.72. The molecule has 1 unspecified atom stereocenters. The van der Waals surface area contributed by atoms with E-state index in [0.29, 0.717) is 0 Å². The van der Waals surface area contributed by atoms with Crippen LogP contribution in [-0.4, -0.2) is 6.41 Å². The summed E-state index contributed by atoms with van der Waals surface area (Å²) in [5.41, 5.74) is 0. The summed E-state index contributed by atoms with van der Waals surface area (Å²) < 4.78 is 0. The van der Waals surface area contributed by atoms with E-state index in [-0.39, 0.29) is 6.04 Å². The highest BCUT2D eigenvalue weighted by atomic mass is 32.1. The molecule has 0 saturated carbocycles. The Bertz CT molecular complexity index is 220. The van der Waals surface area contributed by atoms with Gasteiger partial charge in [-0.05, 0) is 17.9 Å². The van der Waals surface area contributed by atoms with Gasteiger partial charge in [0.15, 0.2) is 0 Å². The van der Waals surface area contributed by atoms with Crippen molar-refractivity contribution >= 4 is 17.7 Å². The van der Waals surface area contributed by atoms with Crippen LogP contribution in [0.5, 0.6) is 0 Å². The molecule has 2 nitrogen and oxygen atoms in total. The van der Waals surface area contributed by atoms with Crippen molar-refractivity contribution in [2.45, 2.75) is 25.8 Å². The Labute approximate surface area is 76.6 Å². The fourth-order valence-electron chi connectivity index (χ4n) is 1.17. The van der Waals surface area contributed by atoms with Gasteiger partial charge >= 0.3 is 0 Å². The maximum atomic E-state index is 10.3. The van der Waals surface area contributed by atoms with Crippen LogP contribution in [-0.2, 0) is 4.79 Å². The van der Waals surface area contributed by atoms with E-state index in [9.17, 15) is 4.79 Å². The molecule has 66 valence electrons. The second-order valence-corrected chi connectivity index (χ2v) is 3.62. The topological polar surface area (TPSA) is 29.1 Å². The normalized spacial score (nSPS) is 12.4. The number of rotatable bonds is 5. The Morgan fingerprint density at radius 3 is 3.08 bits per heavy atom. The molecule has 1 aromatic rings. The monoisotopic (exact) mass is 183 g/mol. The van der Waals surface area contributed by atoms with Crippen LogP contribution < -0.4 is 5.32 Å². The van der Waals surface area contributed by atoms with Crippen LogP contribution >= 0.6 is 11.3 Å². The predicted molar refractivity (Wildman–Crippen MR) is 51.2 cm³/mol. The highest BCUT2D eigenvalue weighted by Crippen LogP contribution is 2.22. The molecule has 0 fully saturated rings. The van der Waals surface area contributed by atoms with Crippen LogP contribution in [0.25, 0.3) is 0 Å². The molecular formula is C9H13NOS. The lowest BCUT2D eigenvalue weighted by Gasteiger charge is -2.12. The SMILES string of the molecule is CCCC(NC=O)c1cccs1. The van der Waals surface area contributed by atoms with Crippen LogP contribution in [0.2, 0.25) is 0 Å². The zero-order chi connectivity index (χ0) is 8.81. The van der Waals surface area contributed by atoms with Crippen LogP contribution in [0, 0.1) is 0 Å². The summed E-state index contributed by atoms with van der Waals surface area (Å²) in [5, 5.41) is 4.85. The summed E-state index contributed by atoms with van der Waals surface area (Å²) in [6.07, 6.45) is 2.88. The number of hydrogen-bond acceptors (Lipinski definition) is 2. The maximum Gasteiger partial charge on any atom is 0.207 e. The predicted octanol–water partition coefficient (Wildman–Crippen LogP) is 2.34. The van der Waals surface area contributed by atoms with Crippen LogP contribution in [0.4, 0.5) is 0 Å². The Kier molecular flexibility index (Phi) is 3.80. The van der Waals surface area contributed by atoms with E-state index in [1.807, 2.05) is 11.4 Å². The molecule has 0 aliphatic rings. The zero-order valence-corrected chi connectivity index (χ0v) is 7.93. The zero-order valence-electron chi connectivity index (χ0n) is 7.12. The highest BCUT2D eigenvalue weighted by molar-refractivity contribution is 7.10. The largest absolute Gasteiger partial charge is 0.351 e. The third-order valence-electron chi connectivity index (χ3n) is 1.73. The Morgan fingerprint density at radius 1 is 1.75 bits per heavy atom. The number of hydrogen-bond donors (Lipinski definition) is 1. The number of carbonyl (C=O) groups excluding carboxylic acids is 1. The van der Waals surface area contributed by atoms with Crippen molar-refractivity contribution in [3.63, 3.8) is 0 Å². The minimum Gasteiger partial charge on any atom is -0.351 e. The molecule has 0 radical (unpaired) electrons. The van der Waals surface area contributed by atoms with Gasteiger partial charge in [-0.2, -0.15) is 0 Å². The summed E-state index contributed by atoms with van der Waals surface area (Å²) in [4.78, 5) is 11.5. The average molecular weight is 183 g/mol. The first-order valence-electron chi connectivity index (χ1n) is 4.11. The number of amides is 1. The highest BCUT2D eigenvalue weighted by Gasteiger charge is 2.08. The summed E-state index contributed by atoms with van der Waals surface area (Å²) in [6, 6.07) is 4.28. The quantitative estimate of drug-likeness (QED) is 0.697. The molecule has 0 aliphatic carbocycles. The second kappa shape index (κ2) is 4.93. The molecule has 1 amide bonds. The van der Waals surface area contributed by atoms with E-state index in [1.54, 1.807) is 11.3 Å². The molecule has 0 saturated heterocycles. The van der Waals surface area contributed by atoms with Crippen molar-refractivity contribution in [2.75, 3.05) is 0 Å². The van der Waals surface area contributed by atoms with E-state index >= 15 is 0 Å². The van der Waals surface area contributed by atoms with Crippen molar-refractivity contribution in [3.8, 4) is 0 Å². The van der Waals surface area contributed by atoms with E-state index in [4.69, 9.17) is 0 Å². The molecule has 12 heavy (non-hydrogen) atoms. The van der Waals surface area contributed by atoms with Crippen LogP contribution in [0.15, 0.2) is 17.5 Å². The van der Waals surface area contributed by atoms with Crippen LogP contribution in [0.1, 0.15) is 30.7 Å². The standard InChI is InChI=1S/C9H13NOS/c1-2-4-8(10-7-11)9-5-3-6-12-9/h3,5-8H,2,4H2,1H3,(H,10,11). The van der Waals surface area contributed by atoms with Gasteiger partial charge in [-0.1, -0.05) is 19.4 Å². The lowest BCUT2D eigenvalue weighted by molar-refractivity contribution is -0.110. The maximum absolute atomic E-state index is 10.3. The van der Waals surface area contributed by atoms with Gasteiger partial charge < -0.3 is 5.32 Å². The summed E-state index contributed by atoms with van der Waals surface area (Å²) in [6.45, 7) is 2.12. The molecule has 1 heterocycles. The summed E-state index contributed by atoms with van der Waals surface area (Å²) in [7, 11) is 0. The molecular weight excluding hydrogens is 170 g/mol. The van der Waals surface area contributed by atoms with Gasteiger partial charge in [-0.25, -0.2) is 0 Å². The Hall–Kier alpha value is -0.830. The molecule has 1 rings (SSSR count). The van der Waals surface area contributed by atoms with E-state index < -0.39 is 0 Å².